The summed E-state index contributed by atoms with van der Waals surface area (Å²) in [7, 11) is 2.00. The van der Waals surface area contributed by atoms with Gasteiger partial charge in [0.1, 0.15) is 0 Å². The van der Waals surface area contributed by atoms with Crippen LogP contribution in [0.5, 0.6) is 0 Å². The molecule has 106 valence electrons. The van der Waals surface area contributed by atoms with Gasteiger partial charge in [0.2, 0.25) is 0 Å². The van der Waals surface area contributed by atoms with Gasteiger partial charge in [-0.05, 0) is 53.9 Å². The number of hydrogen-bond acceptors (Lipinski definition) is 2. The molecule has 0 radical (unpaired) electrons. The van der Waals surface area contributed by atoms with E-state index in [-0.39, 0.29) is 0 Å². The van der Waals surface area contributed by atoms with Crippen LogP contribution in [0, 0.1) is 0 Å². The van der Waals surface area contributed by atoms with Gasteiger partial charge in [-0.3, -0.25) is 0 Å². The first-order valence-electron chi connectivity index (χ1n) is 7.69. The summed E-state index contributed by atoms with van der Waals surface area (Å²) >= 11 is 1.84. The molecule has 1 fully saturated rings. The van der Waals surface area contributed by atoms with E-state index in [9.17, 15) is 0 Å². The van der Waals surface area contributed by atoms with Crippen LogP contribution in [-0.2, 0) is 6.54 Å². The number of nitrogens with one attached hydrogen (secondary N) is 1. The molecule has 0 saturated heterocycles. The van der Waals surface area contributed by atoms with Crippen molar-refractivity contribution in [1.82, 2.24) is 5.32 Å². The van der Waals surface area contributed by atoms with Crippen LogP contribution in [0.25, 0.3) is 11.1 Å². The molecule has 1 aliphatic carbocycles. The lowest BCUT2D eigenvalue weighted by Gasteiger charge is -2.22. The highest BCUT2D eigenvalue weighted by molar-refractivity contribution is 7.10. The minimum Gasteiger partial charge on any atom is -0.315 e. The predicted molar refractivity (Wildman–Crippen MR) is 88.3 cm³/mol. The van der Waals surface area contributed by atoms with Gasteiger partial charge in [-0.1, -0.05) is 43.5 Å². The Morgan fingerprint density at radius 2 is 1.80 bits per heavy atom. The van der Waals surface area contributed by atoms with E-state index in [4.69, 9.17) is 0 Å². The molecule has 1 N–H and O–H groups in total. The summed E-state index contributed by atoms with van der Waals surface area (Å²) < 4.78 is 0. The quantitative estimate of drug-likeness (QED) is 0.816. The fourth-order valence-electron chi connectivity index (χ4n) is 3.18. The summed E-state index contributed by atoms with van der Waals surface area (Å²) in [5, 5.41) is 5.48. The molecular weight excluding hydrogens is 262 g/mol. The highest BCUT2D eigenvalue weighted by atomic mass is 32.1. The summed E-state index contributed by atoms with van der Waals surface area (Å²) in [6, 6.07) is 11.6. The molecule has 1 nitrogen and oxygen atoms in total. The summed E-state index contributed by atoms with van der Waals surface area (Å²) in [5.41, 5.74) is 4.25. The van der Waals surface area contributed by atoms with E-state index in [2.05, 4.69) is 41.0 Å². The Kier molecular flexibility index (Phi) is 4.54. The van der Waals surface area contributed by atoms with E-state index in [1.165, 1.54) is 48.1 Å². The Labute approximate surface area is 126 Å². The fraction of sp³-hybridized carbons (Fsp3) is 0.444. The molecule has 1 heterocycles. The van der Waals surface area contributed by atoms with Gasteiger partial charge < -0.3 is 5.32 Å². The van der Waals surface area contributed by atoms with Crippen molar-refractivity contribution in [3.8, 4) is 11.1 Å². The van der Waals surface area contributed by atoms with Gasteiger partial charge in [0.15, 0.2) is 0 Å². The summed E-state index contributed by atoms with van der Waals surface area (Å²) in [6.45, 7) is 0.963. The van der Waals surface area contributed by atoms with Gasteiger partial charge in [0.25, 0.3) is 0 Å². The van der Waals surface area contributed by atoms with Crippen LogP contribution in [0.1, 0.15) is 48.5 Å². The van der Waals surface area contributed by atoms with E-state index >= 15 is 0 Å². The Bertz CT molecular complexity index is 535. The van der Waals surface area contributed by atoms with Crippen LogP contribution in [0.3, 0.4) is 0 Å². The van der Waals surface area contributed by atoms with E-state index in [1.807, 2.05) is 18.4 Å². The average molecular weight is 285 g/mol. The molecule has 2 aromatic rings. The highest BCUT2D eigenvalue weighted by Gasteiger charge is 2.15. The van der Waals surface area contributed by atoms with Crippen LogP contribution in [-0.4, -0.2) is 7.05 Å². The lowest BCUT2D eigenvalue weighted by molar-refractivity contribution is 0.443. The van der Waals surface area contributed by atoms with Crippen LogP contribution in [0.15, 0.2) is 35.7 Å². The standard InChI is InChI=1S/C18H23NS/c1-19-12-18-11-17(13-20-18)16-9-7-15(8-10-16)14-5-3-2-4-6-14/h7-11,13-14,19H,2-6,12H2,1H3. The number of benzene rings is 1. The van der Waals surface area contributed by atoms with Crippen LogP contribution in [0.4, 0.5) is 0 Å². The van der Waals surface area contributed by atoms with Gasteiger partial charge >= 0.3 is 0 Å². The normalized spacial score (nSPS) is 16.4. The minimum absolute atomic E-state index is 0.806. The van der Waals surface area contributed by atoms with Gasteiger partial charge in [-0.25, -0.2) is 0 Å². The van der Waals surface area contributed by atoms with Crippen molar-refractivity contribution < 1.29 is 0 Å². The number of hydrogen-bond donors (Lipinski definition) is 1. The zero-order valence-electron chi connectivity index (χ0n) is 12.2. The van der Waals surface area contributed by atoms with Crippen LogP contribution >= 0.6 is 11.3 Å². The molecule has 0 amide bonds. The van der Waals surface area contributed by atoms with Crippen LogP contribution < -0.4 is 5.32 Å². The average Bonchev–Trinajstić information content (AvgIpc) is 2.97. The third kappa shape index (κ3) is 3.13. The van der Waals surface area contributed by atoms with Gasteiger partial charge in [-0.2, -0.15) is 0 Å². The zero-order valence-corrected chi connectivity index (χ0v) is 13.0. The molecule has 3 rings (SSSR count). The Morgan fingerprint density at radius 1 is 1.05 bits per heavy atom. The van der Waals surface area contributed by atoms with E-state index in [0.717, 1.165) is 12.5 Å². The third-order valence-electron chi connectivity index (χ3n) is 4.33. The van der Waals surface area contributed by atoms with Crippen molar-refractivity contribution in [2.24, 2.45) is 0 Å². The largest absolute Gasteiger partial charge is 0.315 e. The van der Waals surface area contributed by atoms with Crippen molar-refractivity contribution in [3.05, 3.63) is 46.2 Å². The van der Waals surface area contributed by atoms with Crippen molar-refractivity contribution in [2.45, 2.75) is 44.6 Å². The SMILES string of the molecule is CNCc1cc(-c2ccc(C3CCCCC3)cc2)cs1. The monoisotopic (exact) mass is 285 g/mol. The molecule has 1 saturated carbocycles. The van der Waals surface area contributed by atoms with E-state index in [0.29, 0.717) is 0 Å². The maximum atomic E-state index is 3.21. The van der Waals surface area contributed by atoms with E-state index in [1.54, 1.807) is 5.56 Å². The molecule has 2 heteroatoms. The molecule has 0 unspecified atom stereocenters. The topological polar surface area (TPSA) is 12.0 Å². The maximum Gasteiger partial charge on any atom is 0.0296 e. The van der Waals surface area contributed by atoms with Crippen molar-refractivity contribution in [2.75, 3.05) is 7.05 Å². The summed E-state index contributed by atoms with van der Waals surface area (Å²) in [6.07, 6.45) is 7.00. The Hall–Kier alpha value is -1.12. The van der Waals surface area contributed by atoms with E-state index < -0.39 is 0 Å². The molecule has 0 aliphatic heterocycles. The first-order chi connectivity index (χ1) is 9.86. The minimum atomic E-state index is 0.806. The number of rotatable bonds is 4. The van der Waals surface area contributed by atoms with Gasteiger partial charge in [0.05, 0.1) is 0 Å². The van der Waals surface area contributed by atoms with Crippen LogP contribution in [0.2, 0.25) is 0 Å². The van der Waals surface area contributed by atoms with Crippen molar-refractivity contribution >= 4 is 11.3 Å². The maximum absolute atomic E-state index is 3.21. The second-order valence-electron chi connectivity index (χ2n) is 5.79. The number of thiophene rings is 1. The molecule has 1 aromatic heterocycles. The van der Waals surface area contributed by atoms with Gasteiger partial charge in [-0.15, -0.1) is 11.3 Å². The second-order valence-corrected chi connectivity index (χ2v) is 6.78. The fourth-order valence-corrected chi connectivity index (χ4v) is 4.09. The Balaban J connectivity index is 1.74. The molecule has 0 bridgehead atoms. The molecule has 0 atom stereocenters. The first-order valence-corrected chi connectivity index (χ1v) is 8.57. The molecule has 1 aromatic carbocycles. The van der Waals surface area contributed by atoms with Crippen molar-refractivity contribution in [3.63, 3.8) is 0 Å². The molecule has 20 heavy (non-hydrogen) atoms. The Morgan fingerprint density at radius 3 is 2.50 bits per heavy atom. The second kappa shape index (κ2) is 6.55. The lowest BCUT2D eigenvalue weighted by atomic mass is 9.84. The lowest BCUT2D eigenvalue weighted by Crippen LogP contribution is -2.04. The first kappa shape index (κ1) is 13.8. The van der Waals surface area contributed by atoms with Crippen molar-refractivity contribution in [1.29, 1.82) is 0 Å². The van der Waals surface area contributed by atoms with Gasteiger partial charge in [0, 0.05) is 11.4 Å². The molecule has 0 spiro atoms. The molecule has 1 aliphatic rings. The summed E-state index contributed by atoms with van der Waals surface area (Å²) in [5.74, 6) is 0.806. The molecular formula is C18H23NS. The smallest absolute Gasteiger partial charge is 0.0296 e. The summed E-state index contributed by atoms with van der Waals surface area (Å²) in [4.78, 5) is 1.40. The highest BCUT2D eigenvalue weighted by Crippen LogP contribution is 2.34. The zero-order chi connectivity index (χ0) is 13.8. The third-order valence-corrected chi connectivity index (χ3v) is 5.26. The predicted octanol–water partition coefficient (Wildman–Crippen LogP) is 5.18.